The fraction of sp³-hybridized carbons (Fsp3) is 0.450. The van der Waals surface area contributed by atoms with Gasteiger partial charge < -0.3 is 15.0 Å². The summed E-state index contributed by atoms with van der Waals surface area (Å²) in [4.78, 5) is 14.7. The summed E-state index contributed by atoms with van der Waals surface area (Å²) in [5, 5.41) is 5.81. The van der Waals surface area contributed by atoms with Crippen molar-refractivity contribution in [3.05, 3.63) is 48.0 Å². The van der Waals surface area contributed by atoms with Gasteiger partial charge in [0.1, 0.15) is 5.60 Å². The first-order valence-electron chi connectivity index (χ1n) is 8.64. The molecule has 0 radical (unpaired) electrons. The Labute approximate surface area is 143 Å². The van der Waals surface area contributed by atoms with E-state index in [-0.39, 0.29) is 5.91 Å². The summed E-state index contributed by atoms with van der Waals surface area (Å²) < 4.78 is 5.65. The number of ether oxygens (including phenoxy) is 1. The fourth-order valence-corrected chi connectivity index (χ4v) is 3.58. The van der Waals surface area contributed by atoms with Crippen molar-refractivity contribution >= 4 is 16.7 Å². The van der Waals surface area contributed by atoms with Crippen molar-refractivity contribution in [3.63, 3.8) is 0 Å². The number of amides is 1. The molecule has 1 amide bonds. The third kappa shape index (κ3) is 3.30. The zero-order valence-corrected chi connectivity index (χ0v) is 14.5. The van der Waals surface area contributed by atoms with Gasteiger partial charge in [0.05, 0.1) is 0 Å². The monoisotopic (exact) mass is 326 g/mol. The van der Waals surface area contributed by atoms with E-state index in [1.807, 2.05) is 11.9 Å². The molecule has 0 aromatic heterocycles. The maximum atomic E-state index is 12.9. The maximum absolute atomic E-state index is 12.9. The standard InChI is InChI=1S/C20H26N2O2/c1-22(19(23)20(24-2)11-13-21-14-12-20)15-10-17-8-5-7-16-6-3-4-9-18(16)17/h3-9,21H,10-15H2,1-2H3. The summed E-state index contributed by atoms with van der Waals surface area (Å²) in [6.45, 7) is 2.36. The highest BCUT2D eigenvalue weighted by atomic mass is 16.5. The van der Waals surface area contributed by atoms with Crippen LogP contribution >= 0.6 is 0 Å². The third-order valence-electron chi connectivity index (χ3n) is 5.13. The second kappa shape index (κ2) is 7.32. The molecule has 1 N–H and O–H groups in total. The molecule has 0 aliphatic carbocycles. The Bertz CT molecular complexity index is 702. The molecule has 4 heteroatoms. The molecule has 1 aliphatic rings. The number of carbonyl (C=O) groups is 1. The molecule has 3 rings (SSSR count). The highest BCUT2D eigenvalue weighted by Gasteiger charge is 2.41. The van der Waals surface area contributed by atoms with Crippen LogP contribution in [0.1, 0.15) is 18.4 Å². The van der Waals surface area contributed by atoms with E-state index in [4.69, 9.17) is 4.74 Å². The zero-order valence-electron chi connectivity index (χ0n) is 14.5. The molecule has 0 atom stereocenters. The number of hydrogen-bond acceptors (Lipinski definition) is 3. The quantitative estimate of drug-likeness (QED) is 0.918. The van der Waals surface area contributed by atoms with E-state index in [1.165, 1.54) is 16.3 Å². The lowest BCUT2D eigenvalue weighted by Crippen LogP contribution is -2.54. The Morgan fingerprint density at radius 2 is 1.88 bits per heavy atom. The number of rotatable bonds is 5. The predicted molar refractivity (Wildman–Crippen MR) is 97.1 cm³/mol. The molecule has 2 aromatic rings. The van der Waals surface area contributed by atoms with Gasteiger partial charge in [-0.3, -0.25) is 4.79 Å². The molecule has 1 fully saturated rings. The summed E-state index contributed by atoms with van der Waals surface area (Å²) in [5.41, 5.74) is 0.628. The molecule has 4 nitrogen and oxygen atoms in total. The number of hydrogen-bond donors (Lipinski definition) is 1. The van der Waals surface area contributed by atoms with Crippen molar-refractivity contribution in [2.45, 2.75) is 24.9 Å². The van der Waals surface area contributed by atoms with E-state index < -0.39 is 5.60 Å². The number of nitrogens with zero attached hydrogens (tertiary/aromatic N) is 1. The lowest BCUT2D eigenvalue weighted by molar-refractivity contribution is -0.156. The van der Waals surface area contributed by atoms with Crippen molar-refractivity contribution in [3.8, 4) is 0 Å². The first-order chi connectivity index (χ1) is 11.7. The largest absolute Gasteiger partial charge is 0.368 e. The Hall–Kier alpha value is -1.91. The minimum atomic E-state index is -0.654. The van der Waals surface area contributed by atoms with E-state index in [9.17, 15) is 4.79 Å². The van der Waals surface area contributed by atoms with Crippen molar-refractivity contribution in [2.24, 2.45) is 0 Å². The maximum Gasteiger partial charge on any atom is 0.254 e. The van der Waals surface area contributed by atoms with Crippen LogP contribution in [0, 0.1) is 0 Å². The Kier molecular flexibility index (Phi) is 5.17. The Morgan fingerprint density at radius 3 is 2.62 bits per heavy atom. The zero-order chi connectivity index (χ0) is 17.0. The van der Waals surface area contributed by atoms with Gasteiger partial charge >= 0.3 is 0 Å². The molecule has 1 aliphatic heterocycles. The van der Waals surface area contributed by atoms with Crippen molar-refractivity contribution in [1.82, 2.24) is 10.2 Å². The number of nitrogens with one attached hydrogen (secondary N) is 1. The summed E-state index contributed by atoms with van der Waals surface area (Å²) in [6, 6.07) is 14.8. The molecule has 0 spiro atoms. The molecule has 1 heterocycles. The normalized spacial score (nSPS) is 16.9. The molecular weight excluding hydrogens is 300 g/mol. The minimum absolute atomic E-state index is 0.103. The Morgan fingerprint density at radius 1 is 1.17 bits per heavy atom. The number of methoxy groups -OCH3 is 1. The van der Waals surface area contributed by atoms with Crippen LogP contribution < -0.4 is 5.32 Å². The van der Waals surface area contributed by atoms with E-state index >= 15 is 0 Å². The van der Waals surface area contributed by atoms with Gasteiger partial charge in [-0.25, -0.2) is 0 Å². The molecular formula is C20H26N2O2. The average Bonchev–Trinajstić information content (AvgIpc) is 2.66. The fourth-order valence-electron chi connectivity index (χ4n) is 3.58. The molecule has 1 saturated heterocycles. The van der Waals surface area contributed by atoms with Crippen molar-refractivity contribution < 1.29 is 9.53 Å². The van der Waals surface area contributed by atoms with Crippen LogP contribution in [-0.4, -0.2) is 50.2 Å². The second-order valence-electron chi connectivity index (χ2n) is 6.56. The van der Waals surface area contributed by atoms with Crippen LogP contribution in [-0.2, 0) is 16.0 Å². The van der Waals surface area contributed by atoms with Crippen LogP contribution in [0.4, 0.5) is 0 Å². The molecule has 24 heavy (non-hydrogen) atoms. The minimum Gasteiger partial charge on any atom is -0.368 e. The van der Waals surface area contributed by atoms with Gasteiger partial charge in [-0.15, -0.1) is 0 Å². The number of fused-ring (bicyclic) bond motifs is 1. The van der Waals surface area contributed by atoms with Gasteiger partial charge in [-0.05, 0) is 48.7 Å². The highest BCUT2D eigenvalue weighted by molar-refractivity contribution is 5.86. The molecule has 128 valence electrons. The average molecular weight is 326 g/mol. The third-order valence-corrected chi connectivity index (χ3v) is 5.13. The van der Waals surface area contributed by atoms with Gasteiger partial charge in [0.25, 0.3) is 5.91 Å². The topological polar surface area (TPSA) is 41.6 Å². The van der Waals surface area contributed by atoms with Crippen LogP contribution in [0.25, 0.3) is 10.8 Å². The molecule has 0 bridgehead atoms. The van der Waals surface area contributed by atoms with E-state index in [2.05, 4.69) is 47.8 Å². The van der Waals surface area contributed by atoms with E-state index in [0.717, 1.165) is 32.4 Å². The van der Waals surface area contributed by atoms with Crippen LogP contribution in [0.5, 0.6) is 0 Å². The van der Waals surface area contributed by atoms with Crippen LogP contribution in [0.15, 0.2) is 42.5 Å². The molecule has 0 saturated carbocycles. The summed E-state index contributed by atoms with van der Waals surface area (Å²) in [6.07, 6.45) is 2.32. The number of likely N-dealkylation sites (N-methyl/N-ethyl adjacent to an activating group) is 1. The first kappa shape index (κ1) is 16.9. The second-order valence-corrected chi connectivity index (χ2v) is 6.56. The van der Waals surface area contributed by atoms with Crippen molar-refractivity contribution in [2.75, 3.05) is 33.8 Å². The van der Waals surface area contributed by atoms with Gasteiger partial charge in [0.2, 0.25) is 0 Å². The molecule has 0 unspecified atom stereocenters. The van der Waals surface area contributed by atoms with Gasteiger partial charge in [0.15, 0.2) is 0 Å². The smallest absolute Gasteiger partial charge is 0.254 e. The summed E-state index contributed by atoms with van der Waals surface area (Å²) in [7, 11) is 3.54. The highest BCUT2D eigenvalue weighted by Crippen LogP contribution is 2.25. The van der Waals surface area contributed by atoms with Gasteiger partial charge in [-0.2, -0.15) is 0 Å². The number of piperidine rings is 1. The first-order valence-corrected chi connectivity index (χ1v) is 8.64. The predicted octanol–water partition coefficient (Wildman–Crippen LogP) is 2.61. The number of benzene rings is 2. The Balaban J connectivity index is 1.70. The lowest BCUT2D eigenvalue weighted by atomic mass is 9.90. The van der Waals surface area contributed by atoms with Crippen molar-refractivity contribution in [1.29, 1.82) is 0 Å². The molecule has 2 aromatic carbocycles. The number of carbonyl (C=O) groups excluding carboxylic acids is 1. The van der Waals surface area contributed by atoms with Crippen LogP contribution in [0.2, 0.25) is 0 Å². The van der Waals surface area contributed by atoms with E-state index in [1.54, 1.807) is 7.11 Å². The SMILES string of the molecule is COC1(C(=O)N(C)CCc2cccc3ccccc23)CCNCC1. The lowest BCUT2D eigenvalue weighted by Gasteiger charge is -2.37. The van der Waals surface area contributed by atoms with Gasteiger partial charge in [0, 0.05) is 20.7 Å². The summed E-state index contributed by atoms with van der Waals surface area (Å²) >= 11 is 0. The van der Waals surface area contributed by atoms with Gasteiger partial charge in [-0.1, -0.05) is 42.5 Å². The van der Waals surface area contributed by atoms with E-state index in [0.29, 0.717) is 6.54 Å². The summed E-state index contributed by atoms with van der Waals surface area (Å²) in [5.74, 6) is 0.103. The van der Waals surface area contributed by atoms with Crippen LogP contribution in [0.3, 0.4) is 0 Å².